The molecule has 2 N–H and O–H groups in total. The quantitative estimate of drug-likeness (QED) is 0.813. The van der Waals surface area contributed by atoms with Crippen LogP contribution in [0.1, 0.15) is 33.1 Å². The van der Waals surface area contributed by atoms with Crippen LogP contribution in [0.2, 0.25) is 0 Å². The van der Waals surface area contributed by atoms with Gasteiger partial charge in [0.2, 0.25) is 0 Å². The Morgan fingerprint density at radius 1 is 1.32 bits per heavy atom. The van der Waals surface area contributed by atoms with Gasteiger partial charge in [-0.2, -0.15) is 0 Å². The van der Waals surface area contributed by atoms with Crippen LogP contribution < -0.4 is 5.73 Å². The molecule has 22 heavy (non-hydrogen) atoms. The Labute approximate surface area is 132 Å². The Bertz CT molecular complexity index is 533. The molecule has 3 rings (SSSR count). The number of rotatable bonds is 3. The van der Waals surface area contributed by atoms with E-state index >= 15 is 0 Å². The molecule has 2 aliphatic heterocycles. The largest absolute Gasteiger partial charge is 0.461 e. The normalized spacial score (nSPS) is 28.5. The van der Waals surface area contributed by atoms with Gasteiger partial charge in [0.1, 0.15) is 12.1 Å². The van der Waals surface area contributed by atoms with Crippen molar-refractivity contribution in [3.05, 3.63) is 35.6 Å². The smallest absolute Gasteiger partial charge is 0.323 e. The number of nitrogens with two attached hydrogens (primary N) is 1. The fourth-order valence-electron chi connectivity index (χ4n) is 3.49. The van der Waals surface area contributed by atoms with Gasteiger partial charge in [-0.25, -0.2) is 0 Å². The minimum absolute atomic E-state index is 0.0332. The number of fused-ring (bicyclic) bond motifs is 2. The molecule has 0 saturated carbocycles. The van der Waals surface area contributed by atoms with Crippen molar-refractivity contribution in [1.29, 1.82) is 0 Å². The number of esters is 1. The summed E-state index contributed by atoms with van der Waals surface area (Å²) in [6, 6.07) is -0.521. The fraction of sp³-hybridized carbons (Fsp3) is 0.611. The Kier molecular flexibility index (Phi) is 4.39. The summed E-state index contributed by atoms with van der Waals surface area (Å²) < 4.78 is 5.68. The molecule has 0 radical (unpaired) electrons. The number of carbonyl (C=O) groups is 1. The van der Waals surface area contributed by atoms with E-state index < -0.39 is 6.04 Å². The molecule has 0 bridgehead atoms. The first kappa shape index (κ1) is 15.3. The van der Waals surface area contributed by atoms with Crippen LogP contribution in [0, 0.1) is 11.8 Å². The highest BCUT2D eigenvalue weighted by molar-refractivity contribution is 5.76. The predicted octanol–water partition coefficient (Wildman–Crippen LogP) is 2.38. The number of hydrogen-bond donors (Lipinski definition) is 1. The summed E-state index contributed by atoms with van der Waals surface area (Å²) in [5.41, 5.74) is 8.66. The van der Waals surface area contributed by atoms with Crippen molar-refractivity contribution in [1.82, 2.24) is 4.90 Å². The van der Waals surface area contributed by atoms with Gasteiger partial charge in [0, 0.05) is 37.5 Å². The van der Waals surface area contributed by atoms with Gasteiger partial charge < -0.3 is 15.4 Å². The maximum atomic E-state index is 12.1. The molecule has 4 nitrogen and oxygen atoms in total. The lowest BCUT2D eigenvalue weighted by Crippen LogP contribution is -2.44. The molecule has 0 amide bonds. The summed E-state index contributed by atoms with van der Waals surface area (Å²) in [5.74, 6) is 0.384. The van der Waals surface area contributed by atoms with Crippen molar-refractivity contribution < 1.29 is 9.53 Å². The van der Waals surface area contributed by atoms with Gasteiger partial charge in [0.15, 0.2) is 0 Å². The number of hydrogen-bond acceptors (Lipinski definition) is 4. The molecule has 0 aromatic heterocycles. The molecule has 3 atom stereocenters. The third-order valence-corrected chi connectivity index (χ3v) is 4.97. The van der Waals surface area contributed by atoms with E-state index in [0.717, 1.165) is 25.9 Å². The van der Waals surface area contributed by atoms with Gasteiger partial charge in [-0.15, -0.1) is 0 Å². The molecule has 2 unspecified atom stereocenters. The minimum atomic E-state index is -0.521. The summed E-state index contributed by atoms with van der Waals surface area (Å²) in [6.45, 7) is 5.97. The van der Waals surface area contributed by atoms with Gasteiger partial charge in [-0.3, -0.25) is 4.79 Å². The predicted molar refractivity (Wildman–Crippen MR) is 86.9 cm³/mol. The molecule has 4 heteroatoms. The van der Waals surface area contributed by atoms with Crippen LogP contribution in [0.3, 0.4) is 0 Å². The SMILES string of the molecule is CC(C)[C@H](N)C(=O)OC1CCN2CCC3C=CC=CC3=C2C1. The second-order valence-corrected chi connectivity index (χ2v) is 6.85. The molecular formula is C18H26N2O2. The van der Waals surface area contributed by atoms with E-state index in [1.165, 1.54) is 17.7 Å². The van der Waals surface area contributed by atoms with Crippen LogP contribution >= 0.6 is 0 Å². The first-order valence-electron chi connectivity index (χ1n) is 8.35. The molecule has 120 valence electrons. The molecule has 0 spiro atoms. The highest BCUT2D eigenvalue weighted by Crippen LogP contribution is 2.37. The van der Waals surface area contributed by atoms with Crippen molar-refractivity contribution >= 4 is 5.97 Å². The summed E-state index contributed by atoms with van der Waals surface area (Å²) in [4.78, 5) is 14.6. The second kappa shape index (κ2) is 6.29. The van der Waals surface area contributed by atoms with Crippen LogP contribution in [0.15, 0.2) is 35.6 Å². The third kappa shape index (κ3) is 2.98. The van der Waals surface area contributed by atoms with Gasteiger partial charge in [-0.1, -0.05) is 38.2 Å². The zero-order valence-electron chi connectivity index (χ0n) is 13.5. The molecular weight excluding hydrogens is 276 g/mol. The molecule has 0 aromatic carbocycles. The number of allylic oxidation sites excluding steroid dienone is 5. The fourth-order valence-corrected chi connectivity index (χ4v) is 3.49. The number of nitrogens with zero attached hydrogens (tertiary/aromatic N) is 1. The first-order valence-corrected chi connectivity index (χ1v) is 8.35. The lowest BCUT2D eigenvalue weighted by atomic mass is 9.83. The van der Waals surface area contributed by atoms with Crippen molar-refractivity contribution in [3.63, 3.8) is 0 Å². The Morgan fingerprint density at radius 3 is 2.86 bits per heavy atom. The molecule has 0 aromatic rings. The highest BCUT2D eigenvalue weighted by atomic mass is 16.5. The topological polar surface area (TPSA) is 55.6 Å². The Balaban J connectivity index is 1.71. The summed E-state index contributed by atoms with van der Waals surface area (Å²) in [5, 5.41) is 0. The third-order valence-electron chi connectivity index (χ3n) is 4.97. The zero-order chi connectivity index (χ0) is 15.7. The van der Waals surface area contributed by atoms with E-state index in [2.05, 4.69) is 29.2 Å². The lowest BCUT2D eigenvalue weighted by molar-refractivity contribution is -0.153. The Morgan fingerprint density at radius 2 is 2.09 bits per heavy atom. The van der Waals surface area contributed by atoms with Crippen LogP contribution in [0.25, 0.3) is 0 Å². The average Bonchev–Trinajstić information content (AvgIpc) is 2.53. The van der Waals surface area contributed by atoms with Crippen LogP contribution in [-0.2, 0) is 9.53 Å². The van der Waals surface area contributed by atoms with Crippen LogP contribution in [0.4, 0.5) is 0 Å². The summed E-state index contributed by atoms with van der Waals surface area (Å²) in [6.07, 6.45) is 11.6. The van der Waals surface area contributed by atoms with Crippen molar-refractivity contribution in [2.45, 2.75) is 45.3 Å². The van der Waals surface area contributed by atoms with Gasteiger partial charge in [-0.05, 0) is 17.9 Å². The molecule has 1 saturated heterocycles. The lowest BCUT2D eigenvalue weighted by Gasteiger charge is -2.42. The van der Waals surface area contributed by atoms with Crippen molar-refractivity contribution in [3.8, 4) is 0 Å². The van der Waals surface area contributed by atoms with E-state index in [-0.39, 0.29) is 18.0 Å². The first-order chi connectivity index (χ1) is 10.6. The summed E-state index contributed by atoms with van der Waals surface area (Å²) in [7, 11) is 0. The van der Waals surface area contributed by atoms with Gasteiger partial charge >= 0.3 is 5.97 Å². The second-order valence-electron chi connectivity index (χ2n) is 6.85. The summed E-state index contributed by atoms with van der Waals surface area (Å²) >= 11 is 0. The van der Waals surface area contributed by atoms with E-state index in [9.17, 15) is 4.79 Å². The minimum Gasteiger partial charge on any atom is -0.461 e. The molecule has 3 aliphatic rings. The zero-order valence-corrected chi connectivity index (χ0v) is 13.5. The molecule has 2 heterocycles. The van der Waals surface area contributed by atoms with Crippen molar-refractivity contribution in [2.75, 3.05) is 13.1 Å². The van der Waals surface area contributed by atoms with Crippen molar-refractivity contribution in [2.24, 2.45) is 17.6 Å². The average molecular weight is 302 g/mol. The Hall–Kier alpha value is -1.55. The van der Waals surface area contributed by atoms with Crippen LogP contribution in [-0.4, -0.2) is 36.1 Å². The number of ether oxygens (including phenoxy) is 1. The maximum Gasteiger partial charge on any atom is 0.323 e. The van der Waals surface area contributed by atoms with E-state index in [1.54, 1.807) is 0 Å². The van der Waals surface area contributed by atoms with E-state index in [4.69, 9.17) is 10.5 Å². The molecule has 1 fully saturated rings. The standard InChI is InChI=1S/C18H26N2O2/c1-12(2)17(19)18(21)22-14-8-10-20-9-7-13-5-3-4-6-15(13)16(20)11-14/h3-6,12-14,17H,7-11,19H2,1-2H3/t13?,14?,17-/m0/s1. The maximum absolute atomic E-state index is 12.1. The number of piperidine rings is 1. The highest BCUT2D eigenvalue weighted by Gasteiger charge is 2.33. The molecule has 1 aliphatic carbocycles. The van der Waals surface area contributed by atoms with Gasteiger partial charge in [0.25, 0.3) is 0 Å². The van der Waals surface area contributed by atoms with E-state index in [1.807, 2.05) is 13.8 Å². The monoisotopic (exact) mass is 302 g/mol. The van der Waals surface area contributed by atoms with E-state index in [0.29, 0.717) is 5.92 Å². The van der Waals surface area contributed by atoms with Crippen LogP contribution in [0.5, 0.6) is 0 Å². The van der Waals surface area contributed by atoms with Gasteiger partial charge in [0.05, 0.1) is 0 Å². The number of carbonyl (C=O) groups excluding carboxylic acids is 1.